The average molecular weight is 395 g/mol. The minimum atomic E-state index is -1.33. The Morgan fingerprint density at radius 1 is 1.36 bits per heavy atom. The zero-order chi connectivity index (χ0) is 19.4. The van der Waals surface area contributed by atoms with E-state index in [-0.39, 0.29) is 5.69 Å². The van der Waals surface area contributed by atoms with Crippen LogP contribution in [0.1, 0.15) is 31.4 Å². The molecule has 0 heterocycles. The highest BCUT2D eigenvalue weighted by molar-refractivity contribution is 6.53. The summed E-state index contributed by atoms with van der Waals surface area (Å²) >= 11 is 10.7. The third kappa shape index (κ3) is 8.78. The fourth-order valence-electron chi connectivity index (χ4n) is 1.61. The molecule has 1 aromatic carbocycles. The molecule has 0 unspecified atom stereocenters. The van der Waals surface area contributed by atoms with Crippen LogP contribution in [-0.4, -0.2) is 44.8 Å². The molecule has 0 saturated carbocycles. The Hall–Kier alpha value is -1.74. The predicted molar refractivity (Wildman–Crippen MR) is 93.5 cm³/mol. The molecule has 0 aliphatic rings. The fraction of sp³-hybridized carbons (Fsp3) is 0.467. The van der Waals surface area contributed by atoms with Gasteiger partial charge in [0.1, 0.15) is 12.4 Å². The second-order valence-electron chi connectivity index (χ2n) is 4.85. The van der Waals surface area contributed by atoms with Crippen molar-refractivity contribution in [2.45, 2.75) is 36.7 Å². The molecule has 1 rings (SSSR count). The van der Waals surface area contributed by atoms with Crippen LogP contribution in [0.2, 0.25) is 0 Å². The van der Waals surface area contributed by atoms with E-state index in [0.717, 1.165) is 12.7 Å². The van der Waals surface area contributed by atoms with Gasteiger partial charge < -0.3 is 20.3 Å². The summed E-state index contributed by atoms with van der Waals surface area (Å²) in [6.07, 6.45) is 1.36. The number of hydrogen-bond acceptors (Lipinski definition) is 6. The number of nitro groups is 1. The maximum absolute atomic E-state index is 11.3. The summed E-state index contributed by atoms with van der Waals surface area (Å²) in [6, 6.07) is 4.05. The van der Waals surface area contributed by atoms with Crippen molar-refractivity contribution in [1.29, 1.82) is 0 Å². The monoisotopic (exact) mass is 394 g/mol. The van der Waals surface area contributed by atoms with Crippen LogP contribution in [0, 0.1) is 10.1 Å². The number of nitrogens with one attached hydrogen (secondary N) is 1. The number of benzene rings is 1. The lowest BCUT2D eigenvalue weighted by Gasteiger charge is -2.22. The van der Waals surface area contributed by atoms with Gasteiger partial charge in [-0.2, -0.15) is 0 Å². The highest BCUT2D eigenvalue weighted by Crippen LogP contribution is 2.20. The van der Waals surface area contributed by atoms with Crippen LogP contribution in [0.15, 0.2) is 24.3 Å². The Morgan fingerprint density at radius 2 is 1.92 bits per heavy atom. The maximum Gasteiger partial charge on any atom is 0.269 e. The molecule has 25 heavy (non-hydrogen) atoms. The molecule has 0 aromatic heterocycles. The molecule has 140 valence electrons. The smallest absolute Gasteiger partial charge is 0.269 e. The van der Waals surface area contributed by atoms with E-state index in [4.69, 9.17) is 28.3 Å². The van der Waals surface area contributed by atoms with E-state index in [0.29, 0.717) is 12.0 Å². The van der Waals surface area contributed by atoms with Gasteiger partial charge in [0.2, 0.25) is 0 Å². The first-order chi connectivity index (χ1) is 11.8. The summed E-state index contributed by atoms with van der Waals surface area (Å²) in [5.41, 5.74) is 0.169. The first-order valence-electron chi connectivity index (χ1n) is 7.33. The number of rotatable bonds is 8. The number of aliphatic hydroxyl groups excluding tert-OH is 2. The van der Waals surface area contributed by atoms with E-state index in [1.54, 1.807) is 0 Å². The molecular weight excluding hydrogens is 375 g/mol. The Balaban J connectivity index is 0.00000101. The number of non-ortho nitro benzene ring substituents is 1. The second-order valence-corrected chi connectivity index (χ2v) is 5.94. The average Bonchev–Trinajstić information content (AvgIpc) is 2.60. The normalized spacial score (nSPS) is 12.6. The largest absolute Gasteiger partial charge is 0.394 e. The first-order valence-corrected chi connectivity index (χ1v) is 8.21. The van der Waals surface area contributed by atoms with Crippen LogP contribution >= 0.6 is 23.2 Å². The quantitative estimate of drug-likeness (QED) is 0.267. The highest BCUT2D eigenvalue weighted by atomic mass is 35.5. The summed E-state index contributed by atoms with van der Waals surface area (Å²) in [6.45, 7) is 1.43. The molecular formula is C15H20Cl2N2O6. The van der Waals surface area contributed by atoms with Crippen molar-refractivity contribution in [2.24, 2.45) is 0 Å². The summed E-state index contributed by atoms with van der Waals surface area (Å²) < 4.78 is 0. The number of amides is 1. The van der Waals surface area contributed by atoms with Crippen LogP contribution in [0.3, 0.4) is 0 Å². The van der Waals surface area contributed by atoms with Gasteiger partial charge in [-0.05, 0) is 24.1 Å². The number of nitro benzene ring substituents is 1. The zero-order valence-corrected chi connectivity index (χ0v) is 15.0. The summed E-state index contributed by atoms with van der Waals surface area (Å²) in [7, 11) is 0. The van der Waals surface area contributed by atoms with Gasteiger partial charge in [-0.15, -0.1) is 0 Å². The number of carbonyl (C=O) groups excluding carboxylic acids is 2. The third-order valence-electron chi connectivity index (χ3n) is 2.96. The number of aldehydes is 1. The van der Waals surface area contributed by atoms with Crippen molar-refractivity contribution in [3.8, 4) is 0 Å². The standard InChI is InChI=1S/C11H12Cl2N2O5.C4H8O/c12-10(13)11(18)14-8(5-16)9(17)6-1-3-7(4-2-6)15(19)20;1-2-3-4-5/h1-4,8-10,16-17H,5H2,(H,14,18);4H,2-3H2,1H3/t8-,9-;/m1./s1. The molecule has 3 N–H and O–H groups in total. The van der Waals surface area contributed by atoms with E-state index in [1.165, 1.54) is 24.3 Å². The lowest BCUT2D eigenvalue weighted by atomic mass is 10.0. The molecule has 0 radical (unpaired) electrons. The van der Waals surface area contributed by atoms with Crippen LogP contribution in [-0.2, 0) is 9.59 Å². The van der Waals surface area contributed by atoms with Crippen molar-refractivity contribution < 1.29 is 24.7 Å². The van der Waals surface area contributed by atoms with Crippen LogP contribution in [0.25, 0.3) is 0 Å². The molecule has 0 aliphatic carbocycles. The van der Waals surface area contributed by atoms with Gasteiger partial charge in [0.05, 0.1) is 17.6 Å². The topological polar surface area (TPSA) is 130 Å². The van der Waals surface area contributed by atoms with Gasteiger partial charge in [0.25, 0.3) is 11.6 Å². The third-order valence-corrected chi connectivity index (χ3v) is 3.35. The molecule has 0 bridgehead atoms. The van der Waals surface area contributed by atoms with Crippen molar-refractivity contribution in [3.63, 3.8) is 0 Å². The lowest BCUT2D eigenvalue weighted by molar-refractivity contribution is -0.384. The Kier molecular flexibility index (Phi) is 11.7. The van der Waals surface area contributed by atoms with Crippen molar-refractivity contribution >= 4 is 41.1 Å². The van der Waals surface area contributed by atoms with E-state index in [1.807, 2.05) is 6.92 Å². The number of halogens is 2. The molecule has 0 spiro atoms. The van der Waals surface area contributed by atoms with E-state index in [2.05, 4.69) is 5.32 Å². The van der Waals surface area contributed by atoms with Gasteiger partial charge in [0.15, 0.2) is 4.84 Å². The summed E-state index contributed by atoms with van der Waals surface area (Å²) in [5, 5.41) is 31.9. The fourth-order valence-corrected chi connectivity index (χ4v) is 1.74. The van der Waals surface area contributed by atoms with Crippen molar-refractivity contribution in [3.05, 3.63) is 39.9 Å². The molecule has 1 amide bonds. The number of nitrogens with zero attached hydrogens (tertiary/aromatic N) is 1. The minimum Gasteiger partial charge on any atom is -0.394 e. The SMILES string of the molecule is CCCC=O.O=C(N[C@H](CO)[C@H](O)c1ccc([N+](=O)[O-])cc1)C(Cl)Cl. The molecule has 1 aromatic rings. The van der Waals surface area contributed by atoms with E-state index < -0.39 is 34.4 Å². The number of carbonyl (C=O) groups is 2. The van der Waals surface area contributed by atoms with Gasteiger partial charge in [0, 0.05) is 18.6 Å². The number of hydrogen-bond donors (Lipinski definition) is 3. The number of alkyl halides is 2. The number of aliphatic hydroxyl groups is 2. The van der Waals surface area contributed by atoms with Gasteiger partial charge in [-0.25, -0.2) is 0 Å². The Labute approximate surface area is 154 Å². The second kappa shape index (κ2) is 12.6. The first kappa shape index (κ1) is 23.3. The van der Waals surface area contributed by atoms with E-state index >= 15 is 0 Å². The van der Waals surface area contributed by atoms with Crippen LogP contribution < -0.4 is 5.32 Å². The van der Waals surface area contributed by atoms with E-state index in [9.17, 15) is 24.8 Å². The molecule has 10 heteroatoms. The minimum absolute atomic E-state index is 0.132. The zero-order valence-electron chi connectivity index (χ0n) is 13.5. The van der Waals surface area contributed by atoms with Gasteiger partial charge in [-0.3, -0.25) is 14.9 Å². The Bertz CT molecular complexity index is 553. The van der Waals surface area contributed by atoms with Crippen molar-refractivity contribution in [1.82, 2.24) is 5.32 Å². The van der Waals surface area contributed by atoms with Gasteiger partial charge in [-0.1, -0.05) is 30.1 Å². The molecule has 8 nitrogen and oxygen atoms in total. The lowest BCUT2D eigenvalue weighted by Crippen LogP contribution is -2.44. The number of unbranched alkanes of at least 4 members (excludes halogenated alkanes) is 1. The van der Waals surface area contributed by atoms with Gasteiger partial charge >= 0.3 is 0 Å². The summed E-state index contributed by atoms with van der Waals surface area (Å²) in [4.78, 5) is 29.3. The maximum atomic E-state index is 11.3. The summed E-state index contributed by atoms with van der Waals surface area (Å²) in [5.74, 6) is -0.756. The Morgan fingerprint density at radius 3 is 2.24 bits per heavy atom. The predicted octanol–water partition coefficient (Wildman–Crippen LogP) is 1.89. The molecule has 2 atom stereocenters. The van der Waals surface area contributed by atoms with Crippen molar-refractivity contribution in [2.75, 3.05) is 6.61 Å². The molecule has 0 aliphatic heterocycles. The van der Waals surface area contributed by atoms with Crippen LogP contribution in [0.5, 0.6) is 0 Å². The highest BCUT2D eigenvalue weighted by Gasteiger charge is 2.24. The van der Waals surface area contributed by atoms with Crippen LogP contribution in [0.4, 0.5) is 5.69 Å². The molecule has 0 saturated heterocycles. The molecule has 0 fully saturated rings.